The second-order valence-electron chi connectivity index (χ2n) is 4.46. The second kappa shape index (κ2) is 6.36. The molecule has 0 aliphatic carbocycles. The molecule has 3 nitrogen and oxygen atoms in total. The van der Waals surface area contributed by atoms with Crippen LogP contribution in [0.15, 0.2) is 54.6 Å². The zero-order chi connectivity index (χ0) is 13.7. The van der Waals surface area contributed by atoms with Crippen molar-refractivity contribution in [2.24, 2.45) is 5.73 Å². The summed E-state index contributed by atoms with van der Waals surface area (Å²) >= 11 is 0. The highest BCUT2D eigenvalue weighted by Gasteiger charge is 2.21. The van der Waals surface area contributed by atoms with Gasteiger partial charge in [-0.1, -0.05) is 42.5 Å². The molecule has 2 aromatic rings. The van der Waals surface area contributed by atoms with Crippen LogP contribution in [0.5, 0.6) is 5.75 Å². The average Bonchev–Trinajstić information content (AvgIpc) is 2.49. The zero-order valence-corrected chi connectivity index (χ0v) is 11.0. The molecule has 19 heavy (non-hydrogen) atoms. The number of benzene rings is 2. The Labute approximate surface area is 113 Å². The Kier molecular flexibility index (Phi) is 4.55. The monoisotopic (exact) mass is 257 g/mol. The highest BCUT2D eigenvalue weighted by molar-refractivity contribution is 5.37. The van der Waals surface area contributed by atoms with Crippen molar-refractivity contribution in [2.75, 3.05) is 13.7 Å². The van der Waals surface area contributed by atoms with E-state index in [2.05, 4.69) is 0 Å². The predicted octanol–water partition coefficient (Wildman–Crippen LogP) is 2.15. The minimum Gasteiger partial charge on any atom is -0.497 e. The number of ether oxygens (including phenoxy) is 1. The minimum absolute atomic E-state index is 0.114. The third-order valence-corrected chi connectivity index (χ3v) is 3.26. The van der Waals surface area contributed by atoms with E-state index in [0.29, 0.717) is 0 Å². The molecule has 2 unspecified atom stereocenters. The van der Waals surface area contributed by atoms with Gasteiger partial charge in [-0.25, -0.2) is 0 Å². The number of methoxy groups -OCH3 is 1. The number of hydrogen-bond donors (Lipinski definition) is 2. The summed E-state index contributed by atoms with van der Waals surface area (Å²) in [6.45, 7) is 0.228. The van der Waals surface area contributed by atoms with Crippen LogP contribution < -0.4 is 10.5 Å². The largest absolute Gasteiger partial charge is 0.497 e. The molecule has 0 saturated carbocycles. The molecule has 2 atom stereocenters. The highest BCUT2D eigenvalue weighted by Crippen LogP contribution is 2.29. The SMILES string of the molecule is COc1ccc(C(c2ccccc2)C(O)CN)cc1. The van der Waals surface area contributed by atoms with Gasteiger partial charge >= 0.3 is 0 Å². The van der Waals surface area contributed by atoms with E-state index in [-0.39, 0.29) is 12.5 Å². The van der Waals surface area contributed by atoms with Crippen LogP contribution in [0.4, 0.5) is 0 Å². The highest BCUT2D eigenvalue weighted by atomic mass is 16.5. The van der Waals surface area contributed by atoms with E-state index >= 15 is 0 Å². The van der Waals surface area contributed by atoms with Gasteiger partial charge in [-0.3, -0.25) is 0 Å². The van der Waals surface area contributed by atoms with Gasteiger partial charge in [0.2, 0.25) is 0 Å². The Morgan fingerprint density at radius 3 is 2.11 bits per heavy atom. The van der Waals surface area contributed by atoms with Gasteiger partial charge in [0.15, 0.2) is 0 Å². The van der Waals surface area contributed by atoms with Crippen molar-refractivity contribution < 1.29 is 9.84 Å². The second-order valence-corrected chi connectivity index (χ2v) is 4.46. The van der Waals surface area contributed by atoms with Gasteiger partial charge in [0, 0.05) is 12.5 Å². The van der Waals surface area contributed by atoms with Crippen molar-refractivity contribution in [1.29, 1.82) is 0 Å². The zero-order valence-electron chi connectivity index (χ0n) is 11.0. The lowest BCUT2D eigenvalue weighted by molar-refractivity contribution is 0.164. The number of nitrogens with two attached hydrogens (primary N) is 1. The molecular weight excluding hydrogens is 238 g/mol. The molecule has 0 aliphatic rings. The first-order chi connectivity index (χ1) is 9.26. The maximum atomic E-state index is 10.2. The summed E-state index contributed by atoms with van der Waals surface area (Å²) in [5.74, 6) is 0.690. The van der Waals surface area contributed by atoms with Crippen molar-refractivity contribution in [3.63, 3.8) is 0 Å². The van der Waals surface area contributed by atoms with Crippen molar-refractivity contribution in [2.45, 2.75) is 12.0 Å². The van der Waals surface area contributed by atoms with E-state index in [1.807, 2.05) is 54.6 Å². The molecule has 2 rings (SSSR count). The maximum Gasteiger partial charge on any atom is 0.118 e. The van der Waals surface area contributed by atoms with E-state index in [9.17, 15) is 5.11 Å². The minimum atomic E-state index is -0.601. The van der Waals surface area contributed by atoms with Crippen LogP contribution in [-0.2, 0) is 0 Å². The van der Waals surface area contributed by atoms with Crippen LogP contribution in [0.1, 0.15) is 17.0 Å². The van der Waals surface area contributed by atoms with E-state index in [1.54, 1.807) is 7.11 Å². The first-order valence-electron chi connectivity index (χ1n) is 6.33. The lowest BCUT2D eigenvalue weighted by Crippen LogP contribution is -2.28. The lowest BCUT2D eigenvalue weighted by Gasteiger charge is -2.23. The van der Waals surface area contributed by atoms with Gasteiger partial charge in [0.25, 0.3) is 0 Å². The third-order valence-electron chi connectivity index (χ3n) is 3.26. The molecule has 0 aliphatic heterocycles. The van der Waals surface area contributed by atoms with Crippen molar-refractivity contribution in [3.8, 4) is 5.75 Å². The first kappa shape index (κ1) is 13.6. The summed E-state index contributed by atoms with van der Waals surface area (Å²) in [6.07, 6.45) is -0.601. The summed E-state index contributed by atoms with van der Waals surface area (Å²) in [6, 6.07) is 17.6. The third kappa shape index (κ3) is 3.13. The van der Waals surface area contributed by atoms with Gasteiger partial charge in [0.05, 0.1) is 13.2 Å². The first-order valence-corrected chi connectivity index (χ1v) is 6.33. The van der Waals surface area contributed by atoms with Crippen molar-refractivity contribution >= 4 is 0 Å². The van der Waals surface area contributed by atoms with Crippen molar-refractivity contribution in [3.05, 3.63) is 65.7 Å². The molecule has 0 spiro atoms. The van der Waals surface area contributed by atoms with Crippen LogP contribution in [0.25, 0.3) is 0 Å². The van der Waals surface area contributed by atoms with Gasteiger partial charge in [-0.15, -0.1) is 0 Å². The topological polar surface area (TPSA) is 55.5 Å². The fourth-order valence-electron chi connectivity index (χ4n) is 2.24. The molecule has 0 heterocycles. The quantitative estimate of drug-likeness (QED) is 0.863. The molecule has 0 aromatic heterocycles. The molecular formula is C16H19NO2. The van der Waals surface area contributed by atoms with Crippen LogP contribution >= 0.6 is 0 Å². The van der Waals surface area contributed by atoms with E-state index in [4.69, 9.17) is 10.5 Å². The molecule has 0 saturated heterocycles. The molecule has 0 radical (unpaired) electrons. The summed E-state index contributed by atoms with van der Waals surface area (Å²) in [7, 11) is 1.64. The van der Waals surface area contributed by atoms with Gasteiger partial charge in [-0.05, 0) is 23.3 Å². The molecule has 2 aromatic carbocycles. The summed E-state index contributed by atoms with van der Waals surface area (Å²) in [5.41, 5.74) is 7.72. The fraction of sp³-hybridized carbons (Fsp3) is 0.250. The average molecular weight is 257 g/mol. The van der Waals surface area contributed by atoms with Crippen molar-refractivity contribution in [1.82, 2.24) is 0 Å². The Bertz CT molecular complexity index is 496. The summed E-state index contributed by atoms with van der Waals surface area (Å²) < 4.78 is 5.15. The molecule has 0 amide bonds. The van der Waals surface area contributed by atoms with E-state index in [0.717, 1.165) is 16.9 Å². The molecule has 0 bridgehead atoms. The number of hydrogen-bond acceptors (Lipinski definition) is 3. The fourth-order valence-corrected chi connectivity index (χ4v) is 2.24. The number of aliphatic hydroxyl groups is 1. The predicted molar refractivity (Wildman–Crippen MR) is 76.3 cm³/mol. The van der Waals surface area contributed by atoms with Crippen LogP contribution in [0.3, 0.4) is 0 Å². The van der Waals surface area contributed by atoms with Crippen LogP contribution in [0.2, 0.25) is 0 Å². The van der Waals surface area contributed by atoms with E-state index in [1.165, 1.54) is 0 Å². The summed E-state index contributed by atoms with van der Waals surface area (Å²) in [5, 5.41) is 10.2. The van der Waals surface area contributed by atoms with Crippen LogP contribution in [0, 0.1) is 0 Å². The van der Waals surface area contributed by atoms with Gasteiger partial charge in [-0.2, -0.15) is 0 Å². The van der Waals surface area contributed by atoms with Gasteiger partial charge < -0.3 is 15.6 Å². The van der Waals surface area contributed by atoms with Gasteiger partial charge in [0.1, 0.15) is 5.75 Å². The maximum absolute atomic E-state index is 10.2. The molecule has 0 fully saturated rings. The Morgan fingerprint density at radius 1 is 1.00 bits per heavy atom. The molecule has 100 valence electrons. The Hall–Kier alpha value is -1.84. The smallest absolute Gasteiger partial charge is 0.118 e. The molecule has 3 heteroatoms. The number of aliphatic hydroxyl groups excluding tert-OH is 1. The standard InChI is InChI=1S/C16H19NO2/c1-19-14-9-7-13(8-10-14)16(15(18)11-17)12-5-3-2-4-6-12/h2-10,15-16,18H,11,17H2,1H3. The Balaban J connectivity index is 2.37. The Morgan fingerprint density at radius 2 is 1.58 bits per heavy atom. The lowest BCUT2D eigenvalue weighted by atomic mass is 9.86. The summed E-state index contributed by atoms with van der Waals surface area (Å²) in [4.78, 5) is 0. The van der Waals surface area contributed by atoms with Crippen LogP contribution in [-0.4, -0.2) is 24.9 Å². The van der Waals surface area contributed by atoms with E-state index < -0.39 is 6.10 Å². The number of rotatable bonds is 5. The normalized spacial score (nSPS) is 13.8. The molecule has 3 N–H and O–H groups in total.